The molecule has 120 valence electrons. The van der Waals surface area contributed by atoms with Crippen LogP contribution in [0.15, 0.2) is 18.7 Å². The minimum Gasteiger partial charge on any atom is -0.343 e. The van der Waals surface area contributed by atoms with Crippen LogP contribution in [0.1, 0.15) is 25.7 Å². The fourth-order valence-electron chi connectivity index (χ4n) is 2.24. The quantitative estimate of drug-likeness (QED) is 0.694. The highest BCUT2D eigenvalue weighted by Gasteiger charge is 2.18. The molecule has 1 aliphatic rings. The zero-order valence-electron chi connectivity index (χ0n) is 13.3. The minimum absolute atomic E-state index is 0.334. The SMILES string of the molecule is CNCCCN1CCCC1=O.CNCCCn1ccnc1. The average molecular weight is 295 g/mol. The van der Waals surface area contributed by atoms with Gasteiger partial charge in [0.05, 0.1) is 6.33 Å². The highest BCUT2D eigenvalue weighted by Crippen LogP contribution is 2.08. The van der Waals surface area contributed by atoms with Gasteiger partial charge in [-0.15, -0.1) is 0 Å². The van der Waals surface area contributed by atoms with Crippen LogP contribution in [-0.4, -0.2) is 60.6 Å². The van der Waals surface area contributed by atoms with E-state index >= 15 is 0 Å². The second kappa shape index (κ2) is 11.3. The van der Waals surface area contributed by atoms with Crippen LogP contribution in [0.4, 0.5) is 0 Å². The Kier molecular flexibility index (Phi) is 9.48. The topological polar surface area (TPSA) is 62.2 Å². The first-order chi connectivity index (χ1) is 10.3. The van der Waals surface area contributed by atoms with Crippen LogP contribution >= 0.6 is 0 Å². The fourth-order valence-corrected chi connectivity index (χ4v) is 2.24. The van der Waals surface area contributed by atoms with E-state index in [0.29, 0.717) is 5.91 Å². The Hall–Kier alpha value is -1.40. The Morgan fingerprint density at radius 1 is 1.19 bits per heavy atom. The van der Waals surface area contributed by atoms with Crippen molar-refractivity contribution < 1.29 is 4.79 Å². The summed E-state index contributed by atoms with van der Waals surface area (Å²) in [6, 6.07) is 0. The number of carbonyl (C=O) groups excluding carboxylic acids is 1. The van der Waals surface area contributed by atoms with Gasteiger partial charge in [0.15, 0.2) is 0 Å². The van der Waals surface area contributed by atoms with Gasteiger partial charge in [0.1, 0.15) is 0 Å². The molecule has 1 saturated heterocycles. The van der Waals surface area contributed by atoms with Crippen LogP contribution in [0.5, 0.6) is 0 Å². The molecule has 1 fully saturated rings. The largest absolute Gasteiger partial charge is 0.343 e. The van der Waals surface area contributed by atoms with E-state index in [9.17, 15) is 4.79 Å². The summed E-state index contributed by atoms with van der Waals surface area (Å²) in [5.41, 5.74) is 0. The predicted octanol–water partition coefficient (Wildman–Crippen LogP) is 0.711. The second-order valence-corrected chi connectivity index (χ2v) is 5.20. The van der Waals surface area contributed by atoms with Crippen molar-refractivity contribution in [2.75, 3.05) is 40.3 Å². The molecule has 2 N–H and O–H groups in total. The van der Waals surface area contributed by atoms with E-state index in [1.54, 1.807) is 6.20 Å². The normalized spacial score (nSPS) is 14.2. The molecule has 1 aromatic heterocycles. The Bertz CT molecular complexity index is 366. The van der Waals surface area contributed by atoms with Crippen molar-refractivity contribution in [2.24, 2.45) is 0 Å². The number of aryl methyl sites for hydroxylation is 1. The maximum atomic E-state index is 11.1. The number of imidazole rings is 1. The van der Waals surface area contributed by atoms with Gasteiger partial charge in [0.2, 0.25) is 5.91 Å². The lowest BCUT2D eigenvalue weighted by atomic mass is 10.4. The molecule has 0 aromatic carbocycles. The summed E-state index contributed by atoms with van der Waals surface area (Å²) in [7, 11) is 3.90. The molecule has 0 atom stereocenters. The van der Waals surface area contributed by atoms with E-state index in [4.69, 9.17) is 0 Å². The third kappa shape index (κ3) is 7.82. The number of nitrogens with one attached hydrogen (secondary N) is 2. The van der Waals surface area contributed by atoms with Gasteiger partial charge in [-0.05, 0) is 46.4 Å². The summed E-state index contributed by atoms with van der Waals surface area (Å²) in [5, 5.41) is 6.16. The van der Waals surface area contributed by atoms with Gasteiger partial charge in [-0.25, -0.2) is 4.98 Å². The van der Waals surface area contributed by atoms with E-state index in [-0.39, 0.29) is 0 Å². The molecule has 0 spiro atoms. The number of hydrogen-bond acceptors (Lipinski definition) is 4. The third-order valence-electron chi connectivity index (χ3n) is 3.43. The molecule has 6 nitrogen and oxygen atoms in total. The fraction of sp³-hybridized carbons (Fsp3) is 0.733. The lowest BCUT2D eigenvalue weighted by Crippen LogP contribution is -2.27. The molecular formula is C15H29N5O. The van der Waals surface area contributed by atoms with Gasteiger partial charge in [0.25, 0.3) is 0 Å². The smallest absolute Gasteiger partial charge is 0.222 e. The zero-order valence-corrected chi connectivity index (χ0v) is 13.3. The molecule has 0 radical (unpaired) electrons. The number of carbonyl (C=O) groups is 1. The van der Waals surface area contributed by atoms with E-state index < -0.39 is 0 Å². The van der Waals surface area contributed by atoms with Crippen molar-refractivity contribution in [3.8, 4) is 0 Å². The molecule has 6 heteroatoms. The Labute approximate surface area is 127 Å². The summed E-state index contributed by atoms with van der Waals surface area (Å²) in [6.45, 7) is 5.03. The Balaban J connectivity index is 0.000000211. The van der Waals surface area contributed by atoms with E-state index in [1.165, 1.54) is 0 Å². The number of rotatable bonds is 8. The van der Waals surface area contributed by atoms with Crippen molar-refractivity contribution in [1.82, 2.24) is 25.1 Å². The van der Waals surface area contributed by atoms with Gasteiger partial charge >= 0.3 is 0 Å². The van der Waals surface area contributed by atoms with Crippen LogP contribution < -0.4 is 10.6 Å². The molecule has 0 aliphatic carbocycles. The maximum Gasteiger partial charge on any atom is 0.222 e. The molecule has 21 heavy (non-hydrogen) atoms. The first kappa shape index (κ1) is 17.7. The molecule has 2 rings (SSSR count). The van der Waals surface area contributed by atoms with Crippen LogP contribution in [0.25, 0.3) is 0 Å². The first-order valence-electron chi connectivity index (χ1n) is 7.80. The minimum atomic E-state index is 0.334. The molecule has 0 bridgehead atoms. The highest BCUT2D eigenvalue weighted by atomic mass is 16.2. The number of aromatic nitrogens is 2. The Morgan fingerprint density at radius 3 is 2.43 bits per heavy atom. The summed E-state index contributed by atoms with van der Waals surface area (Å²) >= 11 is 0. The third-order valence-corrected chi connectivity index (χ3v) is 3.43. The predicted molar refractivity (Wildman–Crippen MR) is 85.1 cm³/mol. The van der Waals surface area contributed by atoms with E-state index in [1.807, 2.05) is 31.5 Å². The Morgan fingerprint density at radius 2 is 1.90 bits per heavy atom. The van der Waals surface area contributed by atoms with Crippen molar-refractivity contribution in [3.05, 3.63) is 18.7 Å². The van der Waals surface area contributed by atoms with Gasteiger partial charge in [-0.2, -0.15) is 0 Å². The summed E-state index contributed by atoms with van der Waals surface area (Å²) in [4.78, 5) is 17.0. The van der Waals surface area contributed by atoms with Crippen LogP contribution in [0.2, 0.25) is 0 Å². The number of hydrogen-bond donors (Lipinski definition) is 2. The standard InChI is InChI=1S/C8H16N2O.C7H13N3/c1-9-5-3-7-10-6-2-4-8(10)11;1-8-3-2-5-10-6-4-9-7-10/h9H,2-7H2,1H3;4,6-8H,2-3,5H2,1H3. The summed E-state index contributed by atoms with van der Waals surface area (Å²) in [5.74, 6) is 0.334. The first-order valence-corrected chi connectivity index (χ1v) is 7.80. The maximum absolute atomic E-state index is 11.1. The van der Waals surface area contributed by atoms with Crippen molar-refractivity contribution >= 4 is 5.91 Å². The van der Waals surface area contributed by atoms with Gasteiger partial charge < -0.3 is 20.1 Å². The number of nitrogens with zero attached hydrogens (tertiary/aromatic N) is 3. The van der Waals surface area contributed by atoms with Crippen molar-refractivity contribution in [2.45, 2.75) is 32.2 Å². The summed E-state index contributed by atoms with van der Waals surface area (Å²) in [6.07, 6.45) is 9.68. The monoisotopic (exact) mass is 295 g/mol. The summed E-state index contributed by atoms with van der Waals surface area (Å²) < 4.78 is 2.08. The molecule has 0 saturated carbocycles. The van der Waals surface area contributed by atoms with Crippen LogP contribution in [0, 0.1) is 0 Å². The van der Waals surface area contributed by atoms with Crippen LogP contribution in [-0.2, 0) is 11.3 Å². The van der Waals surface area contributed by atoms with E-state index in [0.717, 1.165) is 58.4 Å². The number of amides is 1. The van der Waals surface area contributed by atoms with E-state index in [2.05, 4.69) is 20.2 Å². The highest BCUT2D eigenvalue weighted by molar-refractivity contribution is 5.77. The molecule has 1 aliphatic heterocycles. The van der Waals surface area contributed by atoms with Gasteiger partial charge in [0, 0.05) is 38.4 Å². The van der Waals surface area contributed by atoms with Crippen molar-refractivity contribution in [3.63, 3.8) is 0 Å². The average Bonchev–Trinajstić information content (AvgIpc) is 3.13. The molecule has 2 heterocycles. The van der Waals surface area contributed by atoms with Crippen molar-refractivity contribution in [1.29, 1.82) is 0 Å². The van der Waals surface area contributed by atoms with Gasteiger partial charge in [-0.1, -0.05) is 0 Å². The molecule has 1 aromatic rings. The van der Waals surface area contributed by atoms with Crippen LogP contribution in [0.3, 0.4) is 0 Å². The van der Waals surface area contributed by atoms with Gasteiger partial charge in [-0.3, -0.25) is 4.79 Å². The second-order valence-electron chi connectivity index (χ2n) is 5.20. The zero-order chi connectivity index (χ0) is 15.3. The lowest BCUT2D eigenvalue weighted by molar-refractivity contribution is -0.127. The molecule has 1 amide bonds. The molecular weight excluding hydrogens is 266 g/mol. The number of likely N-dealkylation sites (tertiary alicyclic amines) is 1. The molecule has 0 unspecified atom stereocenters. The lowest BCUT2D eigenvalue weighted by Gasteiger charge is -2.14.